The number of halogens is 1. The number of hydrogen-bond donors (Lipinski definition) is 2. The molecule has 0 atom stereocenters. The summed E-state index contributed by atoms with van der Waals surface area (Å²) in [6, 6.07) is 8.10. The first-order chi connectivity index (χ1) is 13.7. The van der Waals surface area contributed by atoms with Crippen molar-refractivity contribution in [2.75, 3.05) is 39.3 Å². The summed E-state index contributed by atoms with van der Waals surface area (Å²) in [5.41, 5.74) is 2.08. The van der Waals surface area contributed by atoms with Gasteiger partial charge in [0.15, 0.2) is 11.8 Å². The van der Waals surface area contributed by atoms with Crippen molar-refractivity contribution >= 4 is 36.0 Å². The zero-order chi connectivity index (χ0) is 19.8. The number of H-pyrrole nitrogens is 1. The van der Waals surface area contributed by atoms with E-state index in [0.717, 1.165) is 42.5 Å². The Morgan fingerprint density at radius 3 is 2.66 bits per heavy atom. The number of nitrogens with zero attached hydrogens (tertiary/aromatic N) is 5. The Morgan fingerprint density at radius 1 is 1.24 bits per heavy atom. The van der Waals surface area contributed by atoms with E-state index in [4.69, 9.17) is 9.73 Å². The van der Waals surface area contributed by atoms with Gasteiger partial charge in [-0.25, -0.2) is 14.8 Å². The van der Waals surface area contributed by atoms with E-state index >= 15 is 0 Å². The van der Waals surface area contributed by atoms with Gasteiger partial charge in [0.1, 0.15) is 6.33 Å². The number of guanidine groups is 1. The predicted molar refractivity (Wildman–Crippen MR) is 122 cm³/mol. The average molecular weight is 513 g/mol. The molecule has 0 unspecified atom stereocenters. The van der Waals surface area contributed by atoms with Gasteiger partial charge in [-0.05, 0) is 25.5 Å². The third-order valence-corrected chi connectivity index (χ3v) is 4.47. The Kier molecular flexibility index (Phi) is 9.16. The Morgan fingerprint density at radius 2 is 2.00 bits per heavy atom. The van der Waals surface area contributed by atoms with Crippen molar-refractivity contribution in [2.24, 2.45) is 4.99 Å². The van der Waals surface area contributed by atoms with E-state index in [0.29, 0.717) is 26.2 Å². The molecule has 158 valence electrons. The quantitative estimate of drug-likeness (QED) is 0.362. The van der Waals surface area contributed by atoms with Crippen LogP contribution in [0.4, 0.5) is 4.79 Å². The highest BCUT2D eigenvalue weighted by Crippen LogP contribution is 2.16. The molecule has 1 aromatic carbocycles. The summed E-state index contributed by atoms with van der Waals surface area (Å²) in [4.78, 5) is 24.8. The first-order valence-electron chi connectivity index (χ1n) is 9.61. The second-order valence-corrected chi connectivity index (χ2v) is 6.38. The number of piperazine rings is 1. The predicted octanol–water partition coefficient (Wildman–Crippen LogP) is 2.33. The summed E-state index contributed by atoms with van der Waals surface area (Å²) >= 11 is 0. The Balaban J connectivity index is 0.00000300. The van der Waals surface area contributed by atoms with Crippen LogP contribution >= 0.6 is 24.0 Å². The summed E-state index contributed by atoms with van der Waals surface area (Å²) in [5.74, 6) is 1.60. The molecule has 0 spiro atoms. The van der Waals surface area contributed by atoms with Crippen LogP contribution in [0.3, 0.4) is 0 Å². The molecule has 29 heavy (non-hydrogen) atoms. The second kappa shape index (κ2) is 11.6. The molecule has 10 heteroatoms. The van der Waals surface area contributed by atoms with Crippen LogP contribution in [0.1, 0.15) is 19.4 Å². The van der Waals surface area contributed by atoms with Gasteiger partial charge in [0.2, 0.25) is 0 Å². The highest BCUT2D eigenvalue weighted by molar-refractivity contribution is 14.0. The van der Waals surface area contributed by atoms with Gasteiger partial charge in [-0.3, -0.25) is 5.10 Å². The standard InChI is InChI=1S/C19H27N7O2.HI/c1-3-20-18(25-8-10-26(11-9-25)19(27)28-4-2)21-13-15-6-5-7-16(12-15)17-22-14-23-24-17;/h5-7,12,14H,3-4,8-11,13H2,1-2H3,(H,20,21)(H,22,23,24);1H. The summed E-state index contributed by atoms with van der Waals surface area (Å²) in [6.45, 7) is 8.32. The number of nitrogens with one attached hydrogen (secondary N) is 2. The molecule has 1 amide bonds. The smallest absolute Gasteiger partial charge is 0.409 e. The van der Waals surface area contributed by atoms with Crippen LogP contribution < -0.4 is 5.32 Å². The van der Waals surface area contributed by atoms with Gasteiger partial charge >= 0.3 is 6.09 Å². The van der Waals surface area contributed by atoms with Crippen LogP contribution in [-0.4, -0.2) is 76.4 Å². The highest BCUT2D eigenvalue weighted by Gasteiger charge is 2.23. The van der Waals surface area contributed by atoms with Gasteiger partial charge in [0.25, 0.3) is 0 Å². The first-order valence-corrected chi connectivity index (χ1v) is 9.61. The van der Waals surface area contributed by atoms with Crippen molar-refractivity contribution in [3.8, 4) is 11.4 Å². The summed E-state index contributed by atoms with van der Waals surface area (Å²) in [6.07, 6.45) is 1.26. The summed E-state index contributed by atoms with van der Waals surface area (Å²) in [5, 5.41) is 10.1. The van der Waals surface area contributed by atoms with Gasteiger partial charge in [-0.2, -0.15) is 5.10 Å². The van der Waals surface area contributed by atoms with E-state index in [2.05, 4.69) is 38.4 Å². The number of benzene rings is 1. The second-order valence-electron chi connectivity index (χ2n) is 6.38. The van der Waals surface area contributed by atoms with Crippen molar-refractivity contribution in [3.05, 3.63) is 36.2 Å². The maximum atomic E-state index is 11.9. The lowest BCUT2D eigenvalue weighted by molar-refractivity contribution is 0.0914. The zero-order valence-corrected chi connectivity index (χ0v) is 19.1. The Bertz CT molecular complexity index is 790. The molecule has 3 rings (SSSR count). The van der Waals surface area contributed by atoms with Gasteiger partial charge in [0, 0.05) is 38.3 Å². The third-order valence-electron chi connectivity index (χ3n) is 4.47. The number of hydrogen-bond acceptors (Lipinski definition) is 5. The van der Waals surface area contributed by atoms with Crippen LogP contribution in [0.25, 0.3) is 11.4 Å². The molecule has 2 aromatic rings. The van der Waals surface area contributed by atoms with E-state index in [9.17, 15) is 4.79 Å². The van der Waals surface area contributed by atoms with Crippen molar-refractivity contribution in [3.63, 3.8) is 0 Å². The minimum Gasteiger partial charge on any atom is -0.450 e. The fourth-order valence-electron chi connectivity index (χ4n) is 3.07. The number of ether oxygens (including phenoxy) is 1. The summed E-state index contributed by atoms with van der Waals surface area (Å²) in [7, 11) is 0. The fourth-order valence-corrected chi connectivity index (χ4v) is 3.07. The van der Waals surface area contributed by atoms with Crippen LogP contribution in [0.5, 0.6) is 0 Å². The number of aliphatic imine (C=N–C) groups is 1. The molecule has 0 radical (unpaired) electrons. The fraction of sp³-hybridized carbons (Fsp3) is 0.474. The number of aromatic amines is 1. The Labute approximate surface area is 187 Å². The monoisotopic (exact) mass is 513 g/mol. The third kappa shape index (κ3) is 6.31. The Hall–Kier alpha value is -2.37. The van der Waals surface area contributed by atoms with Crippen LogP contribution in [0.15, 0.2) is 35.6 Å². The summed E-state index contributed by atoms with van der Waals surface area (Å²) < 4.78 is 5.08. The molecule has 0 aliphatic carbocycles. The van der Waals surface area contributed by atoms with Gasteiger partial charge in [-0.1, -0.05) is 18.2 Å². The van der Waals surface area contributed by atoms with Crippen molar-refractivity contribution in [1.29, 1.82) is 0 Å². The molecule has 0 bridgehead atoms. The molecule has 1 fully saturated rings. The number of carbonyl (C=O) groups excluding carboxylic acids is 1. The van der Waals surface area contributed by atoms with Crippen molar-refractivity contribution in [1.82, 2.24) is 30.3 Å². The number of carbonyl (C=O) groups is 1. The van der Waals surface area contributed by atoms with Crippen molar-refractivity contribution in [2.45, 2.75) is 20.4 Å². The van der Waals surface area contributed by atoms with E-state index in [1.165, 1.54) is 6.33 Å². The molecule has 1 saturated heterocycles. The molecule has 1 aromatic heterocycles. The molecule has 9 nitrogen and oxygen atoms in total. The van der Waals surface area contributed by atoms with Gasteiger partial charge in [0.05, 0.1) is 13.2 Å². The molecule has 1 aliphatic heterocycles. The van der Waals surface area contributed by atoms with E-state index in [1.54, 1.807) is 4.90 Å². The van der Waals surface area contributed by atoms with Gasteiger partial charge in [-0.15, -0.1) is 24.0 Å². The van der Waals surface area contributed by atoms with Crippen molar-refractivity contribution < 1.29 is 9.53 Å². The minimum absolute atomic E-state index is 0. The average Bonchev–Trinajstić information content (AvgIpc) is 3.27. The lowest BCUT2D eigenvalue weighted by Crippen LogP contribution is -2.53. The number of amides is 1. The lowest BCUT2D eigenvalue weighted by atomic mass is 10.1. The maximum absolute atomic E-state index is 11.9. The molecule has 1 aliphatic rings. The molecular weight excluding hydrogens is 485 g/mol. The van der Waals surface area contributed by atoms with E-state index in [1.807, 2.05) is 25.1 Å². The van der Waals surface area contributed by atoms with Crippen LogP contribution in [-0.2, 0) is 11.3 Å². The highest BCUT2D eigenvalue weighted by atomic mass is 127. The maximum Gasteiger partial charge on any atom is 0.409 e. The van der Waals surface area contributed by atoms with E-state index < -0.39 is 0 Å². The SMILES string of the molecule is CCNC(=NCc1cccc(-c2ncn[nH]2)c1)N1CCN(C(=O)OCC)CC1.I. The number of aromatic nitrogens is 3. The largest absolute Gasteiger partial charge is 0.450 e. The molecule has 2 N–H and O–H groups in total. The molecule has 0 saturated carbocycles. The molecule has 2 heterocycles. The number of rotatable bonds is 5. The van der Waals surface area contributed by atoms with Gasteiger partial charge < -0.3 is 19.9 Å². The van der Waals surface area contributed by atoms with Crippen LogP contribution in [0.2, 0.25) is 0 Å². The molecular formula is C19H28IN7O2. The normalized spacial score (nSPS) is 14.3. The zero-order valence-electron chi connectivity index (χ0n) is 16.8. The van der Waals surface area contributed by atoms with E-state index in [-0.39, 0.29) is 30.1 Å². The van der Waals surface area contributed by atoms with Crippen LogP contribution in [0, 0.1) is 0 Å². The lowest BCUT2D eigenvalue weighted by Gasteiger charge is -2.35. The topological polar surface area (TPSA) is 98.7 Å². The minimum atomic E-state index is -0.242. The first kappa shape index (κ1) is 22.9.